The third kappa shape index (κ3) is 3.90. The highest BCUT2D eigenvalue weighted by Crippen LogP contribution is 1.98. The number of nitrogens with zero attached hydrogens (tertiary/aromatic N) is 1. The zero-order valence-corrected chi connectivity index (χ0v) is 11.2. The summed E-state index contributed by atoms with van der Waals surface area (Å²) in [6.45, 7) is 2.86. The molecule has 2 amide bonds. The van der Waals surface area contributed by atoms with Crippen LogP contribution in [0.4, 0.5) is 0 Å². The fraction of sp³-hybridized carbons (Fsp3) is 0.545. The van der Waals surface area contributed by atoms with Crippen molar-refractivity contribution in [2.24, 2.45) is 0 Å². The molecule has 1 aromatic heterocycles. The van der Waals surface area contributed by atoms with E-state index in [4.69, 9.17) is 0 Å². The van der Waals surface area contributed by atoms with Gasteiger partial charge >= 0.3 is 16.7 Å². The first-order valence-electron chi connectivity index (χ1n) is 6.11. The molecule has 8 heteroatoms. The van der Waals surface area contributed by atoms with Crippen LogP contribution < -0.4 is 15.5 Å². The Labute approximate surface area is 114 Å². The molecule has 0 bridgehead atoms. The van der Waals surface area contributed by atoms with Crippen molar-refractivity contribution in [1.82, 2.24) is 20.5 Å². The molecule has 1 aliphatic rings. The normalized spacial score (nSPS) is 15.9. The van der Waals surface area contributed by atoms with Crippen LogP contribution >= 0.6 is 11.3 Å². The molecule has 0 atom stereocenters. The minimum atomic E-state index is -0.631. The average molecular weight is 284 g/mol. The number of H-pyrrole nitrogens is 1. The molecule has 19 heavy (non-hydrogen) atoms. The van der Waals surface area contributed by atoms with Crippen LogP contribution in [0.1, 0.15) is 12.1 Å². The maximum Gasteiger partial charge on any atom is 0.311 e. The van der Waals surface area contributed by atoms with Crippen molar-refractivity contribution in [2.45, 2.75) is 13.0 Å². The first-order chi connectivity index (χ1) is 9.16. The summed E-state index contributed by atoms with van der Waals surface area (Å²) in [5.74, 6) is -1.14. The Hall–Kier alpha value is -1.67. The predicted molar refractivity (Wildman–Crippen MR) is 70.9 cm³/mol. The quantitative estimate of drug-likeness (QED) is 0.599. The third-order valence-electron chi connectivity index (χ3n) is 2.83. The van der Waals surface area contributed by atoms with E-state index in [2.05, 4.69) is 15.6 Å². The lowest BCUT2D eigenvalue weighted by molar-refractivity contribution is -0.145. The Balaban J connectivity index is 1.84. The van der Waals surface area contributed by atoms with Crippen molar-refractivity contribution in [3.8, 4) is 0 Å². The number of thiazole rings is 1. The summed E-state index contributed by atoms with van der Waals surface area (Å²) in [6, 6.07) is 0. The van der Waals surface area contributed by atoms with Crippen LogP contribution in [0.25, 0.3) is 0 Å². The van der Waals surface area contributed by atoms with E-state index in [-0.39, 0.29) is 11.4 Å². The Morgan fingerprint density at radius 2 is 2.21 bits per heavy atom. The number of aromatic amines is 1. The Kier molecular flexibility index (Phi) is 4.69. The van der Waals surface area contributed by atoms with Gasteiger partial charge in [0.05, 0.1) is 6.54 Å². The van der Waals surface area contributed by atoms with Crippen molar-refractivity contribution in [1.29, 1.82) is 0 Å². The van der Waals surface area contributed by atoms with Crippen molar-refractivity contribution in [3.05, 3.63) is 20.7 Å². The second-order valence-corrected chi connectivity index (χ2v) is 5.09. The molecule has 1 aliphatic heterocycles. The maximum atomic E-state index is 11.9. The SMILES string of the molecule is O=C(NCc1csc(=O)[nH]1)C(=O)N1CCCNCC1. The van der Waals surface area contributed by atoms with E-state index in [9.17, 15) is 14.4 Å². The largest absolute Gasteiger partial charge is 0.342 e. The summed E-state index contributed by atoms with van der Waals surface area (Å²) < 4.78 is 0. The smallest absolute Gasteiger partial charge is 0.311 e. The summed E-state index contributed by atoms with van der Waals surface area (Å²) in [5.41, 5.74) is 0.605. The monoisotopic (exact) mass is 284 g/mol. The van der Waals surface area contributed by atoms with Gasteiger partial charge in [-0.25, -0.2) is 0 Å². The van der Waals surface area contributed by atoms with Crippen LogP contribution in [0.3, 0.4) is 0 Å². The molecule has 0 radical (unpaired) electrons. The molecule has 0 unspecified atom stereocenters. The number of nitrogens with one attached hydrogen (secondary N) is 3. The van der Waals surface area contributed by atoms with E-state index >= 15 is 0 Å². The van der Waals surface area contributed by atoms with E-state index in [1.54, 1.807) is 10.3 Å². The third-order valence-corrected chi connectivity index (χ3v) is 3.55. The lowest BCUT2D eigenvalue weighted by Gasteiger charge is -2.18. The summed E-state index contributed by atoms with van der Waals surface area (Å²) >= 11 is 1.03. The molecule has 2 heterocycles. The fourth-order valence-electron chi connectivity index (χ4n) is 1.84. The van der Waals surface area contributed by atoms with Gasteiger partial charge in [0.15, 0.2) is 0 Å². The zero-order valence-electron chi connectivity index (χ0n) is 10.4. The van der Waals surface area contributed by atoms with Gasteiger partial charge in [0.1, 0.15) is 0 Å². The first kappa shape index (κ1) is 13.8. The average Bonchev–Trinajstić information content (AvgIpc) is 2.67. The molecule has 3 N–H and O–H groups in total. The summed E-state index contributed by atoms with van der Waals surface area (Å²) in [4.78, 5) is 38.5. The minimum Gasteiger partial charge on any atom is -0.342 e. The molecular weight excluding hydrogens is 268 g/mol. The Morgan fingerprint density at radius 3 is 2.95 bits per heavy atom. The molecule has 0 spiro atoms. The van der Waals surface area contributed by atoms with Crippen LogP contribution in [0.5, 0.6) is 0 Å². The van der Waals surface area contributed by atoms with Gasteiger partial charge in [0, 0.05) is 30.7 Å². The molecule has 1 aromatic rings. The highest BCUT2D eigenvalue weighted by Gasteiger charge is 2.22. The molecule has 0 aromatic carbocycles. The highest BCUT2D eigenvalue weighted by atomic mass is 32.1. The number of carbonyl (C=O) groups is 2. The Bertz CT molecular complexity index is 502. The second-order valence-electron chi connectivity index (χ2n) is 4.25. The topological polar surface area (TPSA) is 94.3 Å². The van der Waals surface area contributed by atoms with Gasteiger partial charge in [0.25, 0.3) is 0 Å². The first-order valence-corrected chi connectivity index (χ1v) is 6.99. The predicted octanol–water partition coefficient (Wildman–Crippen LogP) is -1.13. The van der Waals surface area contributed by atoms with Crippen LogP contribution in [0.2, 0.25) is 0 Å². The molecule has 7 nitrogen and oxygen atoms in total. The number of rotatable bonds is 2. The van der Waals surface area contributed by atoms with Crippen LogP contribution in [0.15, 0.2) is 10.2 Å². The van der Waals surface area contributed by atoms with Gasteiger partial charge in [-0.3, -0.25) is 14.4 Å². The Morgan fingerprint density at radius 1 is 1.37 bits per heavy atom. The van der Waals surface area contributed by atoms with E-state index in [1.807, 2.05) is 0 Å². The van der Waals surface area contributed by atoms with E-state index in [1.165, 1.54) is 0 Å². The van der Waals surface area contributed by atoms with Gasteiger partial charge in [0.2, 0.25) is 0 Å². The zero-order chi connectivity index (χ0) is 13.7. The second kappa shape index (κ2) is 6.48. The van der Waals surface area contributed by atoms with Gasteiger partial charge in [-0.15, -0.1) is 0 Å². The molecule has 1 fully saturated rings. The number of aromatic nitrogens is 1. The number of hydrogen-bond acceptors (Lipinski definition) is 5. The standard InChI is InChI=1S/C11H16N4O3S/c16-9(13-6-8-7-19-11(18)14-8)10(17)15-4-1-2-12-3-5-15/h7,12H,1-6H2,(H,13,16)(H,14,18). The molecule has 104 valence electrons. The summed E-state index contributed by atoms with van der Waals surface area (Å²) in [7, 11) is 0. The number of carbonyl (C=O) groups excluding carboxylic acids is 2. The molecule has 2 rings (SSSR count). The van der Waals surface area contributed by atoms with Gasteiger partial charge in [-0.1, -0.05) is 11.3 Å². The highest BCUT2D eigenvalue weighted by molar-refractivity contribution is 7.07. The summed E-state index contributed by atoms with van der Waals surface area (Å²) in [5, 5.41) is 7.31. The van der Waals surface area contributed by atoms with Gasteiger partial charge in [-0.05, 0) is 13.0 Å². The fourth-order valence-corrected chi connectivity index (χ4v) is 2.43. The van der Waals surface area contributed by atoms with E-state index in [0.29, 0.717) is 25.3 Å². The summed E-state index contributed by atoms with van der Waals surface area (Å²) in [6.07, 6.45) is 0.844. The molecule has 0 saturated carbocycles. The van der Waals surface area contributed by atoms with Crippen LogP contribution in [0, 0.1) is 0 Å². The van der Waals surface area contributed by atoms with E-state index < -0.39 is 11.8 Å². The minimum absolute atomic E-state index is 0.162. The molecular formula is C11H16N4O3S. The van der Waals surface area contributed by atoms with Gasteiger partial charge < -0.3 is 20.5 Å². The van der Waals surface area contributed by atoms with E-state index in [0.717, 1.165) is 24.3 Å². The van der Waals surface area contributed by atoms with Crippen molar-refractivity contribution in [3.63, 3.8) is 0 Å². The van der Waals surface area contributed by atoms with Crippen molar-refractivity contribution < 1.29 is 9.59 Å². The van der Waals surface area contributed by atoms with Crippen molar-refractivity contribution in [2.75, 3.05) is 26.2 Å². The number of amides is 2. The lowest BCUT2D eigenvalue weighted by Crippen LogP contribution is -2.44. The maximum absolute atomic E-state index is 11.9. The van der Waals surface area contributed by atoms with Crippen molar-refractivity contribution >= 4 is 23.2 Å². The van der Waals surface area contributed by atoms with Gasteiger partial charge in [-0.2, -0.15) is 0 Å². The molecule has 0 aliphatic carbocycles. The molecule has 1 saturated heterocycles. The number of hydrogen-bond donors (Lipinski definition) is 3. The lowest BCUT2D eigenvalue weighted by atomic mass is 10.3. The van der Waals surface area contributed by atoms with Crippen LogP contribution in [-0.4, -0.2) is 47.9 Å². The van der Waals surface area contributed by atoms with Crippen LogP contribution in [-0.2, 0) is 16.1 Å².